The van der Waals surface area contributed by atoms with E-state index in [0.717, 1.165) is 67.3 Å². The van der Waals surface area contributed by atoms with Crippen LogP contribution in [0.2, 0.25) is 0 Å². The first-order chi connectivity index (χ1) is 31.6. The van der Waals surface area contributed by atoms with Crippen LogP contribution in [0.25, 0.3) is 55.6 Å². The van der Waals surface area contributed by atoms with Gasteiger partial charge in [-0.05, 0) is 129 Å². The van der Waals surface area contributed by atoms with Crippen molar-refractivity contribution in [1.29, 1.82) is 0 Å². The molecule has 0 bridgehead atoms. The van der Waals surface area contributed by atoms with Crippen LogP contribution in [0.3, 0.4) is 0 Å². The summed E-state index contributed by atoms with van der Waals surface area (Å²) in [5.74, 6) is -1.05. The standard InChI is InChI=1S/C60H42F2N2/c61-59-41-55(63(51-29-21-47(22-30-51)43-13-5-1-6-14-43)52-31-23-48(24-32-52)44-15-7-2-8-16-44)37-39-57(59)58-40-38-56(42-60(58)62)64(53-33-25-49(26-34-53)45-17-9-3-10-18-45)54-35-27-50(28-36-54)46-19-11-4-12-20-46/h1-42H. The number of hydrogen-bond acceptors (Lipinski definition) is 2. The van der Waals surface area contributed by atoms with E-state index in [1.807, 2.05) is 143 Å². The fraction of sp³-hybridized carbons (Fsp3) is 0. The molecular weight excluding hydrogens is 787 g/mol. The molecule has 0 aliphatic carbocycles. The van der Waals surface area contributed by atoms with Gasteiger partial charge in [0.25, 0.3) is 0 Å². The number of benzene rings is 10. The third kappa shape index (κ3) is 8.33. The van der Waals surface area contributed by atoms with Gasteiger partial charge in [-0.3, -0.25) is 0 Å². The molecule has 0 aliphatic rings. The number of anilines is 6. The SMILES string of the molecule is Fc1cc(N(c2ccc(-c3ccccc3)cc2)c2ccc(-c3ccccc3)cc2)ccc1-c1ccc(N(c2ccc(-c3ccccc3)cc2)c2ccc(-c3ccccc3)cc2)cc1F. The van der Waals surface area contributed by atoms with Gasteiger partial charge in [0.1, 0.15) is 11.6 Å². The lowest BCUT2D eigenvalue weighted by atomic mass is 10.0. The lowest BCUT2D eigenvalue weighted by molar-refractivity contribution is 0.616. The molecule has 0 heterocycles. The van der Waals surface area contributed by atoms with Gasteiger partial charge in [0.2, 0.25) is 0 Å². The Bertz CT molecular complexity index is 2740. The van der Waals surface area contributed by atoms with Gasteiger partial charge in [-0.1, -0.05) is 170 Å². The third-order valence-electron chi connectivity index (χ3n) is 11.6. The van der Waals surface area contributed by atoms with Crippen LogP contribution < -0.4 is 9.80 Å². The van der Waals surface area contributed by atoms with Gasteiger partial charge >= 0.3 is 0 Å². The first kappa shape index (κ1) is 39.8. The van der Waals surface area contributed by atoms with Crippen LogP contribution in [0.15, 0.2) is 255 Å². The van der Waals surface area contributed by atoms with Crippen LogP contribution in [-0.2, 0) is 0 Å². The summed E-state index contributed by atoms with van der Waals surface area (Å²) in [7, 11) is 0. The first-order valence-corrected chi connectivity index (χ1v) is 21.4. The Hall–Kier alpha value is -8.34. The molecule has 10 aromatic rings. The molecule has 0 fully saturated rings. The Labute approximate surface area is 373 Å². The lowest BCUT2D eigenvalue weighted by Crippen LogP contribution is -2.11. The molecule has 0 aromatic heterocycles. The van der Waals surface area contributed by atoms with E-state index in [0.29, 0.717) is 11.4 Å². The summed E-state index contributed by atoms with van der Waals surface area (Å²) in [5, 5.41) is 0. The second-order valence-corrected chi connectivity index (χ2v) is 15.7. The van der Waals surface area contributed by atoms with Crippen molar-refractivity contribution in [1.82, 2.24) is 0 Å². The summed E-state index contributed by atoms with van der Waals surface area (Å²) in [6.07, 6.45) is 0. The molecule has 0 atom stereocenters. The molecule has 0 radical (unpaired) electrons. The summed E-state index contributed by atoms with van der Waals surface area (Å²) in [6, 6.07) is 84.0. The first-order valence-electron chi connectivity index (χ1n) is 21.4. The maximum absolute atomic E-state index is 16.6. The highest BCUT2D eigenvalue weighted by Gasteiger charge is 2.20. The maximum atomic E-state index is 16.6. The molecule has 0 N–H and O–H groups in total. The maximum Gasteiger partial charge on any atom is 0.133 e. The number of hydrogen-bond donors (Lipinski definition) is 0. The fourth-order valence-corrected chi connectivity index (χ4v) is 8.35. The normalized spacial score (nSPS) is 11.0. The molecule has 0 saturated carbocycles. The second-order valence-electron chi connectivity index (χ2n) is 15.7. The molecule has 4 heteroatoms. The third-order valence-corrected chi connectivity index (χ3v) is 11.6. The summed E-state index contributed by atoms with van der Waals surface area (Å²) < 4.78 is 33.2. The van der Waals surface area contributed by atoms with Crippen molar-refractivity contribution < 1.29 is 8.78 Å². The van der Waals surface area contributed by atoms with Crippen LogP contribution in [-0.4, -0.2) is 0 Å². The van der Waals surface area contributed by atoms with E-state index in [9.17, 15) is 0 Å². The largest absolute Gasteiger partial charge is 0.310 e. The zero-order chi connectivity index (χ0) is 43.2. The van der Waals surface area contributed by atoms with Crippen LogP contribution in [0, 0.1) is 11.6 Å². The van der Waals surface area contributed by atoms with E-state index in [4.69, 9.17) is 0 Å². The predicted molar refractivity (Wildman–Crippen MR) is 263 cm³/mol. The van der Waals surface area contributed by atoms with Crippen molar-refractivity contribution in [2.45, 2.75) is 0 Å². The van der Waals surface area contributed by atoms with Crippen molar-refractivity contribution in [3.8, 4) is 55.6 Å². The number of nitrogens with zero attached hydrogens (tertiary/aromatic N) is 2. The van der Waals surface area contributed by atoms with Gasteiger partial charge < -0.3 is 9.80 Å². The molecule has 0 saturated heterocycles. The zero-order valence-electron chi connectivity index (χ0n) is 34.9. The smallest absolute Gasteiger partial charge is 0.133 e. The molecule has 0 amide bonds. The molecule has 0 aliphatic heterocycles. The summed E-state index contributed by atoms with van der Waals surface area (Å²) in [4.78, 5) is 4.06. The summed E-state index contributed by atoms with van der Waals surface area (Å²) in [6.45, 7) is 0. The summed E-state index contributed by atoms with van der Waals surface area (Å²) in [5.41, 5.74) is 13.8. The van der Waals surface area contributed by atoms with Crippen molar-refractivity contribution in [2.75, 3.05) is 9.80 Å². The Morgan fingerprint density at radius 2 is 0.406 bits per heavy atom. The van der Waals surface area contributed by atoms with Gasteiger partial charge in [-0.15, -0.1) is 0 Å². The Morgan fingerprint density at radius 3 is 0.625 bits per heavy atom. The van der Waals surface area contributed by atoms with Gasteiger partial charge in [-0.25, -0.2) is 8.78 Å². The lowest BCUT2D eigenvalue weighted by Gasteiger charge is -2.27. The molecule has 10 rings (SSSR count). The minimum Gasteiger partial charge on any atom is -0.310 e. The van der Waals surface area contributed by atoms with Crippen LogP contribution in [0.5, 0.6) is 0 Å². The molecule has 0 spiro atoms. The van der Waals surface area contributed by atoms with E-state index in [1.165, 1.54) is 12.1 Å². The predicted octanol–water partition coefficient (Wildman–Crippen LogP) is 17.2. The Balaban J connectivity index is 0.996. The fourth-order valence-electron chi connectivity index (χ4n) is 8.35. The number of halogens is 2. The second kappa shape index (κ2) is 17.9. The number of rotatable bonds is 11. The molecule has 306 valence electrons. The van der Waals surface area contributed by atoms with Gasteiger partial charge in [0.15, 0.2) is 0 Å². The molecule has 10 aromatic carbocycles. The van der Waals surface area contributed by atoms with Crippen LogP contribution in [0.1, 0.15) is 0 Å². The van der Waals surface area contributed by atoms with Crippen molar-refractivity contribution in [3.63, 3.8) is 0 Å². The topological polar surface area (TPSA) is 6.48 Å². The minimum absolute atomic E-state index is 0.178. The molecular formula is C60H42F2N2. The van der Waals surface area contributed by atoms with E-state index >= 15 is 8.78 Å². The Morgan fingerprint density at radius 1 is 0.203 bits per heavy atom. The monoisotopic (exact) mass is 828 g/mol. The molecule has 64 heavy (non-hydrogen) atoms. The molecule has 0 unspecified atom stereocenters. The highest BCUT2D eigenvalue weighted by atomic mass is 19.1. The average molecular weight is 829 g/mol. The van der Waals surface area contributed by atoms with E-state index in [-0.39, 0.29) is 11.1 Å². The van der Waals surface area contributed by atoms with Gasteiger partial charge in [-0.2, -0.15) is 0 Å². The van der Waals surface area contributed by atoms with Crippen molar-refractivity contribution in [3.05, 3.63) is 266 Å². The van der Waals surface area contributed by atoms with Crippen molar-refractivity contribution in [2.24, 2.45) is 0 Å². The highest BCUT2D eigenvalue weighted by molar-refractivity contribution is 5.84. The van der Waals surface area contributed by atoms with E-state index in [1.54, 1.807) is 12.1 Å². The minimum atomic E-state index is -0.527. The van der Waals surface area contributed by atoms with Crippen LogP contribution in [0.4, 0.5) is 42.9 Å². The van der Waals surface area contributed by atoms with Gasteiger partial charge in [0.05, 0.1) is 0 Å². The zero-order valence-corrected chi connectivity index (χ0v) is 34.9. The van der Waals surface area contributed by atoms with Crippen LogP contribution >= 0.6 is 0 Å². The average Bonchev–Trinajstić information content (AvgIpc) is 3.36. The van der Waals surface area contributed by atoms with E-state index in [2.05, 4.69) is 97.1 Å². The quantitative estimate of drug-likeness (QED) is 0.128. The summed E-state index contributed by atoms with van der Waals surface area (Å²) >= 11 is 0. The van der Waals surface area contributed by atoms with E-state index < -0.39 is 11.6 Å². The highest BCUT2D eigenvalue weighted by Crippen LogP contribution is 2.41. The Kier molecular flexibility index (Phi) is 11.2. The van der Waals surface area contributed by atoms with Crippen molar-refractivity contribution >= 4 is 34.1 Å². The van der Waals surface area contributed by atoms with Gasteiger partial charge in [0, 0.05) is 45.3 Å². The molecule has 2 nitrogen and oxygen atoms in total.